The van der Waals surface area contributed by atoms with Gasteiger partial charge in [0.25, 0.3) is 0 Å². The number of halogens is 3. The van der Waals surface area contributed by atoms with Crippen molar-refractivity contribution in [3.63, 3.8) is 0 Å². The Kier molecular flexibility index (Phi) is 4.87. The molecule has 21 heavy (non-hydrogen) atoms. The molecule has 2 aromatic carbocycles. The lowest BCUT2D eigenvalue weighted by atomic mass is 10.2. The van der Waals surface area contributed by atoms with Crippen LogP contribution in [0.25, 0.3) is 6.08 Å². The molecule has 0 aliphatic carbocycles. The molecule has 2 aromatic rings. The Labute approximate surface area is 120 Å². The number of benzene rings is 2. The first-order valence-electron chi connectivity index (χ1n) is 6.34. The molecule has 0 aromatic heterocycles. The van der Waals surface area contributed by atoms with Gasteiger partial charge in [-0.05, 0) is 29.8 Å². The molecule has 0 saturated carbocycles. The molecule has 0 fully saturated rings. The lowest BCUT2D eigenvalue weighted by Crippen LogP contribution is -2.17. The fourth-order valence-electron chi connectivity index (χ4n) is 1.71. The van der Waals surface area contributed by atoms with E-state index in [-0.39, 0.29) is 5.75 Å². The maximum Gasteiger partial charge on any atom is 0.573 e. The van der Waals surface area contributed by atoms with E-state index >= 15 is 0 Å². The maximum absolute atomic E-state index is 12.0. The number of hydrogen-bond donors (Lipinski definition) is 1. The number of rotatable bonds is 5. The lowest BCUT2D eigenvalue weighted by Gasteiger charge is -2.09. The zero-order valence-corrected chi connectivity index (χ0v) is 11.1. The first kappa shape index (κ1) is 15.0. The van der Waals surface area contributed by atoms with Gasteiger partial charge in [0.15, 0.2) is 0 Å². The second-order valence-electron chi connectivity index (χ2n) is 4.27. The molecule has 0 aliphatic heterocycles. The summed E-state index contributed by atoms with van der Waals surface area (Å²) in [5.41, 5.74) is 1.82. The van der Waals surface area contributed by atoms with Gasteiger partial charge in [0.1, 0.15) is 5.75 Å². The molecule has 5 heteroatoms. The molecule has 0 radical (unpaired) electrons. The summed E-state index contributed by atoms with van der Waals surface area (Å²) in [6.45, 7) is 0.578. The van der Waals surface area contributed by atoms with E-state index in [4.69, 9.17) is 0 Å². The van der Waals surface area contributed by atoms with Gasteiger partial charge in [0.2, 0.25) is 0 Å². The number of alkyl halides is 3. The Morgan fingerprint density at radius 1 is 0.952 bits per heavy atom. The number of ether oxygens (including phenoxy) is 1. The van der Waals surface area contributed by atoms with E-state index in [9.17, 15) is 13.2 Å². The Hall–Kier alpha value is -2.43. The Morgan fingerprint density at radius 3 is 2.24 bits per heavy atom. The summed E-state index contributed by atoms with van der Waals surface area (Å²) in [7, 11) is 0. The van der Waals surface area contributed by atoms with Crippen LogP contribution in [0.2, 0.25) is 0 Å². The number of hydrogen-bond acceptors (Lipinski definition) is 2. The fourth-order valence-corrected chi connectivity index (χ4v) is 1.71. The maximum atomic E-state index is 12.0. The molecular formula is C16H14F3NO. The van der Waals surface area contributed by atoms with Gasteiger partial charge in [-0.25, -0.2) is 0 Å². The zero-order chi connectivity index (χ0) is 15.1. The molecule has 0 bridgehead atoms. The average Bonchev–Trinajstić information content (AvgIpc) is 2.45. The third-order valence-electron chi connectivity index (χ3n) is 2.62. The van der Waals surface area contributed by atoms with Crippen molar-refractivity contribution in [3.05, 3.63) is 66.2 Å². The van der Waals surface area contributed by atoms with Gasteiger partial charge < -0.3 is 10.1 Å². The monoisotopic (exact) mass is 293 g/mol. The summed E-state index contributed by atoms with van der Waals surface area (Å²) in [6.07, 6.45) is -0.753. The van der Waals surface area contributed by atoms with Crippen molar-refractivity contribution in [1.29, 1.82) is 0 Å². The highest BCUT2D eigenvalue weighted by atomic mass is 19.4. The zero-order valence-electron chi connectivity index (χ0n) is 11.1. The van der Waals surface area contributed by atoms with Crippen molar-refractivity contribution in [3.8, 4) is 5.75 Å². The van der Waals surface area contributed by atoms with Crippen LogP contribution < -0.4 is 10.1 Å². The molecule has 0 spiro atoms. The van der Waals surface area contributed by atoms with E-state index in [1.807, 2.05) is 42.5 Å². The normalized spacial score (nSPS) is 11.6. The molecule has 0 saturated heterocycles. The van der Waals surface area contributed by atoms with Gasteiger partial charge in [0.05, 0.1) is 0 Å². The summed E-state index contributed by atoms with van der Waals surface area (Å²) < 4.78 is 39.8. The molecule has 0 aliphatic rings. The SMILES string of the molecule is FC(F)(F)Oc1ccc(NCC=Cc2ccccc2)cc1. The van der Waals surface area contributed by atoms with E-state index in [0.29, 0.717) is 6.54 Å². The minimum absolute atomic E-state index is 0.229. The van der Waals surface area contributed by atoms with Crippen LogP contribution in [0.1, 0.15) is 5.56 Å². The highest BCUT2D eigenvalue weighted by Gasteiger charge is 2.30. The summed E-state index contributed by atoms with van der Waals surface area (Å²) in [5, 5.41) is 3.08. The van der Waals surface area contributed by atoms with Crippen LogP contribution in [0, 0.1) is 0 Å². The van der Waals surface area contributed by atoms with Gasteiger partial charge >= 0.3 is 6.36 Å². The van der Waals surface area contributed by atoms with Crippen molar-refractivity contribution in [1.82, 2.24) is 0 Å². The first-order valence-corrected chi connectivity index (χ1v) is 6.34. The quantitative estimate of drug-likeness (QED) is 0.862. The van der Waals surface area contributed by atoms with Crippen LogP contribution in [-0.2, 0) is 0 Å². The van der Waals surface area contributed by atoms with Gasteiger partial charge in [-0.2, -0.15) is 0 Å². The Morgan fingerprint density at radius 2 is 1.62 bits per heavy atom. The third-order valence-corrected chi connectivity index (χ3v) is 2.62. The van der Waals surface area contributed by atoms with Crippen molar-refractivity contribution in [2.24, 2.45) is 0 Å². The topological polar surface area (TPSA) is 21.3 Å². The van der Waals surface area contributed by atoms with E-state index in [0.717, 1.165) is 11.3 Å². The molecule has 110 valence electrons. The van der Waals surface area contributed by atoms with Gasteiger partial charge in [-0.15, -0.1) is 13.2 Å². The van der Waals surface area contributed by atoms with E-state index in [2.05, 4.69) is 10.1 Å². The van der Waals surface area contributed by atoms with E-state index < -0.39 is 6.36 Å². The van der Waals surface area contributed by atoms with Crippen molar-refractivity contribution >= 4 is 11.8 Å². The smallest absolute Gasteiger partial charge is 0.406 e. The van der Waals surface area contributed by atoms with Crippen LogP contribution >= 0.6 is 0 Å². The third kappa shape index (κ3) is 5.60. The van der Waals surface area contributed by atoms with E-state index in [1.54, 1.807) is 0 Å². The Balaban J connectivity index is 1.83. The van der Waals surface area contributed by atoms with Crippen molar-refractivity contribution in [2.75, 3.05) is 11.9 Å². The van der Waals surface area contributed by atoms with Crippen molar-refractivity contribution in [2.45, 2.75) is 6.36 Å². The highest BCUT2D eigenvalue weighted by Crippen LogP contribution is 2.23. The van der Waals surface area contributed by atoms with Crippen LogP contribution in [0.15, 0.2) is 60.7 Å². The van der Waals surface area contributed by atoms with Gasteiger partial charge in [0, 0.05) is 12.2 Å². The molecule has 0 atom stereocenters. The second kappa shape index (κ2) is 6.83. The predicted molar refractivity (Wildman–Crippen MR) is 77.1 cm³/mol. The minimum atomic E-state index is -4.66. The summed E-state index contributed by atoms with van der Waals surface area (Å²) in [5.74, 6) is -0.229. The highest BCUT2D eigenvalue weighted by molar-refractivity contribution is 5.51. The average molecular weight is 293 g/mol. The Bertz CT molecular complexity index is 577. The standard InChI is InChI=1S/C16H14F3NO/c17-16(18,19)21-15-10-8-14(9-11-15)20-12-4-7-13-5-2-1-3-6-13/h1-11,20H,12H2. The summed E-state index contributed by atoms with van der Waals surface area (Å²) >= 11 is 0. The summed E-state index contributed by atoms with van der Waals surface area (Å²) in [4.78, 5) is 0. The molecular weight excluding hydrogens is 279 g/mol. The van der Waals surface area contributed by atoms with Crippen LogP contribution in [0.5, 0.6) is 5.75 Å². The summed E-state index contributed by atoms with van der Waals surface area (Å²) in [6, 6.07) is 15.4. The molecule has 0 amide bonds. The lowest BCUT2D eigenvalue weighted by molar-refractivity contribution is -0.274. The minimum Gasteiger partial charge on any atom is -0.406 e. The predicted octanol–water partition coefficient (Wildman–Crippen LogP) is 4.71. The fraction of sp³-hybridized carbons (Fsp3) is 0.125. The van der Waals surface area contributed by atoms with Gasteiger partial charge in [-0.1, -0.05) is 42.5 Å². The molecule has 2 nitrogen and oxygen atoms in total. The van der Waals surface area contributed by atoms with E-state index in [1.165, 1.54) is 24.3 Å². The molecule has 1 N–H and O–H groups in total. The van der Waals surface area contributed by atoms with Crippen LogP contribution in [-0.4, -0.2) is 12.9 Å². The second-order valence-corrected chi connectivity index (χ2v) is 4.27. The molecule has 0 heterocycles. The number of anilines is 1. The van der Waals surface area contributed by atoms with Crippen LogP contribution in [0.4, 0.5) is 18.9 Å². The molecule has 0 unspecified atom stereocenters. The number of nitrogens with one attached hydrogen (secondary N) is 1. The molecule has 2 rings (SSSR count). The largest absolute Gasteiger partial charge is 0.573 e. The van der Waals surface area contributed by atoms with Crippen molar-refractivity contribution < 1.29 is 17.9 Å². The first-order chi connectivity index (χ1) is 10.0. The van der Waals surface area contributed by atoms with Crippen LogP contribution in [0.3, 0.4) is 0 Å². The van der Waals surface area contributed by atoms with Gasteiger partial charge in [-0.3, -0.25) is 0 Å².